The highest BCUT2D eigenvalue weighted by Crippen LogP contribution is 2.36. The third kappa shape index (κ3) is 2.94. The average molecular weight is 295 g/mol. The van der Waals surface area contributed by atoms with Crippen LogP contribution < -0.4 is 5.59 Å². The minimum atomic E-state index is -0.402. The molecule has 1 saturated heterocycles. The third-order valence-corrected chi connectivity index (χ3v) is 4.59. The van der Waals surface area contributed by atoms with Crippen molar-refractivity contribution in [3.05, 3.63) is 59.8 Å². The highest BCUT2D eigenvalue weighted by Gasteiger charge is 2.52. The molecule has 4 heteroatoms. The van der Waals surface area contributed by atoms with Gasteiger partial charge >= 0.3 is 7.12 Å². The standard InChI is InChI=1S/C18H22BNO2/c1-17(2)18(3,4)22-19(21-17)16-13-15(10-11-20-16)12-14-8-6-5-7-9-14/h5-11,13H,12H2,1-4H3. The first-order valence-corrected chi connectivity index (χ1v) is 7.72. The number of aromatic nitrogens is 1. The van der Waals surface area contributed by atoms with Gasteiger partial charge in [0.2, 0.25) is 0 Å². The van der Waals surface area contributed by atoms with Gasteiger partial charge in [0.05, 0.1) is 16.8 Å². The van der Waals surface area contributed by atoms with Crippen molar-refractivity contribution in [2.24, 2.45) is 0 Å². The average Bonchev–Trinajstić information content (AvgIpc) is 2.69. The molecular formula is C18H22BNO2. The van der Waals surface area contributed by atoms with Crippen LogP contribution in [0.25, 0.3) is 0 Å². The molecule has 0 bridgehead atoms. The van der Waals surface area contributed by atoms with E-state index in [1.54, 1.807) is 0 Å². The number of pyridine rings is 1. The molecule has 3 nitrogen and oxygen atoms in total. The van der Waals surface area contributed by atoms with Gasteiger partial charge in [-0.2, -0.15) is 0 Å². The lowest BCUT2D eigenvalue weighted by molar-refractivity contribution is 0.00578. The normalized spacial score (nSPS) is 19.4. The van der Waals surface area contributed by atoms with Gasteiger partial charge in [0.25, 0.3) is 0 Å². The smallest absolute Gasteiger partial charge is 0.398 e. The van der Waals surface area contributed by atoms with Crippen LogP contribution >= 0.6 is 0 Å². The number of rotatable bonds is 3. The molecule has 1 aliphatic rings. The van der Waals surface area contributed by atoms with Crippen LogP contribution in [-0.2, 0) is 15.7 Å². The molecule has 0 aliphatic carbocycles. The Balaban J connectivity index is 1.81. The first kappa shape index (κ1) is 15.3. The molecule has 2 aromatic rings. The largest absolute Gasteiger partial charge is 0.514 e. The summed E-state index contributed by atoms with van der Waals surface area (Å²) in [5, 5.41) is 0. The molecule has 114 valence electrons. The summed E-state index contributed by atoms with van der Waals surface area (Å²) in [4.78, 5) is 4.44. The van der Waals surface area contributed by atoms with E-state index < -0.39 is 7.12 Å². The molecule has 0 N–H and O–H groups in total. The molecular weight excluding hydrogens is 273 g/mol. The molecule has 0 radical (unpaired) electrons. The number of hydrogen-bond donors (Lipinski definition) is 0. The summed E-state index contributed by atoms with van der Waals surface area (Å²) < 4.78 is 12.1. The Labute approximate surface area is 132 Å². The number of benzene rings is 1. The van der Waals surface area contributed by atoms with Gasteiger partial charge in [0.1, 0.15) is 0 Å². The number of hydrogen-bond acceptors (Lipinski definition) is 3. The van der Waals surface area contributed by atoms with Gasteiger partial charge < -0.3 is 9.31 Å². The Bertz CT molecular complexity index is 639. The van der Waals surface area contributed by atoms with Crippen molar-refractivity contribution in [2.45, 2.75) is 45.3 Å². The Morgan fingerprint density at radius 1 is 0.909 bits per heavy atom. The lowest BCUT2D eigenvalue weighted by atomic mass is 9.83. The summed E-state index contributed by atoms with van der Waals surface area (Å²) in [5.74, 6) is 0. The fraction of sp³-hybridized carbons (Fsp3) is 0.389. The Morgan fingerprint density at radius 2 is 1.55 bits per heavy atom. The van der Waals surface area contributed by atoms with Gasteiger partial charge in [-0.1, -0.05) is 30.3 Å². The molecule has 0 saturated carbocycles. The molecule has 0 unspecified atom stereocenters. The van der Waals surface area contributed by atoms with E-state index in [9.17, 15) is 0 Å². The maximum atomic E-state index is 6.07. The molecule has 2 heterocycles. The SMILES string of the molecule is CC1(C)OB(c2cc(Cc3ccccc3)ccn2)OC1(C)C. The summed E-state index contributed by atoms with van der Waals surface area (Å²) in [7, 11) is -0.402. The van der Waals surface area contributed by atoms with E-state index in [0.717, 1.165) is 12.0 Å². The van der Waals surface area contributed by atoms with Crippen molar-refractivity contribution < 1.29 is 9.31 Å². The summed E-state index contributed by atoms with van der Waals surface area (Å²) in [5.41, 5.74) is 2.66. The van der Waals surface area contributed by atoms with E-state index in [-0.39, 0.29) is 11.2 Å². The van der Waals surface area contributed by atoms with E-state index in [4.69, 9.17) is 9.31 Å². The summed E-state index contributed by atoms with van der Waals surface area (Å²) in [6.07, 6.45) is 2.72. The van der Waals surface area contributed by atoms with E-state index in [2.05, 4.69) is 63.0 Å². The minimum absolute atomic E-state index is 0.339. The quantitative estimate of drug-likeness (QED) is 0.816. The maximum absolute atomic E-state index is 6.07. The first-order valence-electron chi connectivity index (χ1n) is 7.72. The second-order valence-corrected chi connectivity index (χ2v) is 6.84. The van der Waals surface area contributed by atoms with Gasteiger partial charge in [0, 0.05) is 6.20 Å². The molecule has 1 fully saturated rings. The van der Waals surface area contributed by atoms with Crippen molar-refractivity contribution in [1.29, 1.82) is 0 Å². The van der Waals surface area contributed by atoms with E-state index in [1.165, 1.54) is 11.1 Å². The van der Waals surface area contributed by atoms with Crippen molar-refractivity contribution in [2.75, 3.05) is 0 Å². The Morgan fingerprint density at radius 3 is 2.18 bits per heavy atom. The zero-order chi connectivity index (χ0) is 15.8. The predicted octanol–water partition coefficient (Wildman–Crippen LogP) is 2.97. The summed E-state index contributed by atoms with van der Waals surface area (Å²) in [6, 6.07) is 14.5. The van der Waals surface area contributed by atoms with Crippen molar-refractivity contribution in [3.8, 4) is 0 Å². The van der Waals surface area contributed by atoms with Crippen molar-refractivity contribution in [1.82, 2.24) is 4.98 Å². The van der Waals surface area contributed by atoms with Crippen LogP contribution in [0.15, 0.2) is 48.7 Å². The van der Waals surface area contributed by atoms with E-state index in [0.29, 0.717) is 0 Å². The predicted molar refractivity (Wildman–Crippen MR) is 89.2 cm³/mol. The molecule has 1 aromatic heterocycles. The highest BCUT2D eigenvalue weighted by atomic mass is 16.7. The summed E-state index contributed by atoms with van der Waals surface area (Å²) in [6.45, 7) is 8.23. The van der Waals surface area contributed by atoms with Crippen LogP contribution in [-0.4, -0.2) is 23.3 Å². The summed E-state index contributed by atoms with van der Waals surface area (Å²) >= 11 is 0. The highest BCUT2D eigenvalue weighted by molar-refractivity contribution is 6.61. The lowest BCUT2D eigenvalue weighted by Crippen LogP contribution is -2.41. The van der Waals surface area contributed by atoms with Crippen molar-refractivity contribution in [3.63, 3.8) is 0 Å². The molecule has 1 aromatic carbocycles. The van der Waals surface area contributed by atoms with Crippen LogP contribution in [0.5, 0.6) is 0 Å². The third-order valence-electron chi connectivity index (χ3n) is 4.59. The molecule has 22 heavy (non-hydrogen) atoms. The second kappa shape index (κ2) is 5.52. The second-order valence-electron chi connectivity index (χ2n) is 6.84. The fourth-order valence-electron chi connectivity index (χ4n) is 2.53. The van der Waals surface area contributed by atoms with Gasteiger partial charge in [-0.05, 0) is 57.4 Å². The number of nitrogens with zero attached hydrogens (tertiary/aromatic N) is 1. The van der Waals surface area contributed by atoms with Crippen LogP contribution in [0.4, 0.5) is 0 Å². The fourth-order valence-corrected chi connectivity index (χ4v) is 2.53. The van der Waals surface area contributed by atoms with Gasteiger partial charge in [0.15, 0.2) is 0 Å². The zero-order valence-electron chi connectivity index (χ0n) is 13.7. The molecule has 0 spiro atoms. The first-order chi connectivity index (χ1) is 10.4. The Kier molecular flexibility index (Phi) is 3.83. The van der Waals surface area contributed by atoms with E-state index in [1.807, 2.05) is 18.3 Å². The lowest BCUT2D eigenvalue weighted by Gasteiger charge is -2.32. The molecule has 0 atom stereocenters. The van der Waals surface area contributed by atoms with Gasteiger partial charge in [-0.15, -0.1) is 0 Å². The zero-order valence-corrected chi connectivity index (χ0v) is 13.7. The van der Waals surface area contributed by atoms with Crippen LogP contribution in [0.2, 0.25) is 0 Å². The molecule has 1 aliphatic heterocycles. The topological polar surface area (TPSA) is 31.4 Å². The Hall–Kier alpha value is -1.65. The van der Waals surface area contributed by atoms with Crippen LogP contribution in [0, 0.1) is 0 Å². The van der Waals surface area contributed by atoms with Gasteiger partial charge in [-0.3, -0.25) is 4.98 Å². The van der Waals surface area contributed by atoms with Crippen LogP contribution in [0.3, 0.4) is 0 Å². The van der Waals surface area contributed by atoms with Gasteiger partial charge in [-0.25, -0.2) is 0 Å². The molecule has 3 rings (SSSR count). The molecule has 0 amide bonds. The maximum Gasteiger partial charge on any atom is 0.514 e. The van der Waals surface area contributed by atoms with Crippen molar-refractivity contribution >= 4 is 12.7 Å². The van der Waals surface area contributed by atoms with Crippen LogP contribution in [0.1, 0.15) is 38.8 Å². The van der Waals surface area contributed by atoms with E-state index >= 15 is 0 Å². The minimum Gasteiger partial charge on any atom is -0.398 e. The monoisotopic (exact) mass is 295 g/mol.